The summed E-state index contributed by atoms with van der Waals surface area (Å²) in [6.45, 7) is 0.362. The number of benzene rings is 1. The van der Waals surface area contributed by atoms with E-state index in [1.807, 2.05) is 30.3 Å². The number of carbonyl (C=O) groups is 1. The molecule has 0 heterocycles. The number of ether oxygens (including phenoxy) is 1. The van der Waals surface area contributed by atoms with E-state index in [1.165, 1.54) is 44.9 Å². The number of rotatable bonds is 3. The SMILES string of the molecule is O=C(N[C@H]1[C@H]2CC[C@H](C2)C12CCCC2)OCc1ccccc1. The van der Waals surface area contributed by atoms with Crippen LogP contribution in [0.2, 0.25) is 0 Å². The van der Waals surface area contributed by atoms with Crippen LogP contribution < -0.4 is 5.32 Å². The van der Waals surface area contributed by atoms with Crippen LogP contribution in [0.5, 0.6) is 0 Å². The monoisotopic (exact) mass is 299 g/mol. The second-order valence-corrected chi connectivity index (χ2v) is 7.39. The lowest BCUT2D eigenvalue weighted by molar-refractivity contribution is 0.0897. The summed E-state index contributed by atoms with van der Waals surface area (Å²) in [5.41, 5.74) is 1.44. The van der Waals surface area contributed by atoms with Gasteiger partial charge in [-0.3, -0.25) is 0 Å². The van der Waals surface area contributed by atoms with Crippen LogP contribution in [0.4, 0.5) is 4.79 Å². The Kier molecular flexibility index (Phi) is 3.59. The van der Waals surface area contributed by atoms with Gasteiger partial charge in [-0.15, -0.1) is 0 Å². The summed E-state index contributed by atoms with van der Waals surface area (Å²) in [4.78, 5) is 12.3. The average molecular weight is 299 g/mol. The van der Waals surface area contributed by atoms with Crippen molar-refractivity contribution in [2.24, 2.45) is 17.3 Å². The van der Waals surface area contributed by atoms with Gasteiger partial charge in [-0.05, 0) is 54.9 Å². The first kappa shape index (κ1) is 14.1. The number of fused-ring (bicyclic) bond motifs is 3. The molecule has 1 aromatic rings. The molecule has 0 unspecified atom stereocenters. The van der Waals surface area contributed by atoms with Gasteiger partial charge >= 0.3 is 6.09 Å². The first-order valence-corrected chi connectivity index (χ1v) is 8.75. The lowest BCUT2D eigenvalue weighted by atomic mass is 9.68. The number of carbonyl (C=O) groups excluding carboxylic acids is 1. The third kappa shape index (κ3) is 2.31. The molecule has 118 valence electrons. The summed E-state index contributed by atoms with van der Waals surface area (Å²) in [5, 5.41) is 3.25. The molecular weight excluding hydrogens is 274 g/mol. The molecule has 3 atom stereocenters. The summed E-state index contributed by atoms with van der Waals surface area (Å²) in [6.07, 6.45) is 9.03. The lowest BCUT2D eigenvalue weighted by Crippen LogP contribution is -2.50. The predicted molar refractivity (Wildman–Crippen MR) is 85.3 cm³/mol. The fraction of sp³-hybridized carbons (Fsp3) is 0.632. The van der Waals surface area contributed by atoms with Crippen molar-refractivity contribution in [3.63, 3.8) is 0 Å². The van der Waals surface area contributed by atoms with E-state index in [0.717, 1.165) is 11.5 Å². The van der Waals surface area contributed by atoms with Crippen LogP contribution in [-0.4, -0.2) is 12.1 Å². The van der Waals surface area contributed by atoms with Crippen LogP contribution >= 0.6 is 0 Å². The third-order valence-corrected chi connectivity index (χ3v) is 6.40. The molecule has 1 aromatic carbocycles. The zero-order chi connectivity index (χ0) is 15.0. The van der Waals surface area contributed by atoms with Crippen molar-refractivity contribution in [3.8, 4) is 0 Å². The first-order valence-electron chi connectivity index (χ1n) is 8.75. The van der Waals surface area contributed by atoms with Gasteiger partial charge in [-0.2, -0.15) is 0 Å². The van der Waals surface area contributed by atoms with Gasteiger partial charge < -0.3 is 10.1 Å². The molecule has 1 N–H and O–H groups in total. The summed E-state index contributed by atoms with van der Waals surface area (Å²) in [5.74, 6) is 1.53. The summed E-state index contributed by atoms with van der Waals surface area (Å²) in [6, 6.07) is 10.3. The molecule has 0 aromatic heterocycles. The minimum absolute atomic E-state index is 0.229. The third-order valence-electron chi connectivity index (χ3n) is 6.40. The van der Waals surface area contributed by atoms with E-state index in [-0.39, 0.29) is 6.09 Å². The van der Waals surface area contributed by atoms with Crippen molar-refractivity contribution in [1.29, 1.82) is 0 Å². The van der Waals surface area contributed by atoms with Crippen LogP contribution in [0, 0.1) is 17.3 Å². The first-order chi connectivity index (χ1) is 10.8. The van der Waals surface area contributed by atoms with E-state index in [4.69, 9.17) is 4.74 Å². The molecule has 22 heavy (non-hydrogen) atoms. The Morgan fingerprint density at radius 1 is 1.18 bits per heavy atom. The molecule has 3 fully saturated rings. The molecule has 3 nitrogen and oxygen atoms in total. The second kappa shape index (κ2) is 5.60. The maximum absolute atomic E-state index is 12.3. The molecule has 3 saturated carbocycles. The number of hydrogen-bond donors (Lipinski definition) is 1. The highest BCUT2D eigenvalue weighted by molar-refractivity contribution is 5.68. The fourth-order valence-corrected chi connectivity index (χ4v) is 5.47. The molecule has 0 saturated heterocycles. The Morgan fingerprint density at radius 3 is 2.73 bits per heavy atom. The summed E-state index contributed by atoms with van der Waals surface area (Å²) < 4.78 is 5.45. The van der Waals surface area contributed by atoms with Crippen molar-refractivity contribution in [2.75, 3.05) is 0 Å². The van der Waals surface area contributed by atoms with E-state index in [1.54, 1.807) is 0 Å². The van der Waals surface area contributed by atoms with Gasteiger partial charge in [0.05, 0.1) is 0 Å². The van der Waals surface area contributed by atoms with Gasteiger partial charge in [-0.25, -0.2) is 4.79 Å². The molecule has 3 heteroatoms. The zero-order valence-corrected chi connectivity index (χ0v) is 13.1. The minimum atomic E-state index is -0.229. The Balaban J connectivity index is 1.39. The van der Waals surface area contributed by atoms with E-state index >= 15 is 0 Å². The van der Waals surface area contributed by atoms with Crippen molar-refractivity contribution in [3.05, 3.63) is 35.9 Å². The molecule has 1 spiro atoms. The smallest absolute Gasteiger partial charge is 0.407 e. The fourth-order valence-electron chi connectivity index (χ4n) is 5.47. The molecule has 0 aliphatic heterocycles. The predicted octanol–water partition coefficient (Wildman–Crippen LogP) is 4.27. The Labute approximate surface area is 132 Å². The van der Waals surface area contributed by atoms with Crippen molar-refractivity contribution in [1.82, 2.24) is 5.32 Å². The highest BCUT2D eigenvalue weighted by Gasteiger charge is 2.59. The highest BCUT2D eigenvalue weighted by atomic mass is 16.5. The van der Waals surface area contributed by atoms with Crippen LogP contribution in [-0.2, 0) is 11.3 Å². The minimum Gasteiger partial charge on any atom is -0.445 e. The van der Waals surface area contributed by atoms with E-state index in [2.05, 4.69) is 5.32 Å². The van der Waals surface area contributed by atoms with Crippen LogP contribution in [0.25, 0.3) is 0 Å². The maximum atomic E-state index is 12.3. The van der Waals surface area contributed by atoms with Crippen LogP contribution in [0.15, 0.2) is 30.3 Å². The van der Waals surface area contributed by atoms with Crippen LogP contribution in [0.1, 0.15) is 50.5 Å². The van der Waals surface area contributed by atoms with Gasteiger partial charge in [-0.1, -0.05) is 43.2 Å². The number of alkyl carbamates (subject to hydrolysis) is 1. The van der Waals surface area contributed by atoms with Crippen molar-refractivity contribution < 1.29 is 9.53 Å². The van der Waals surface area contributed by atoms with Gasteiger partial charge in [0.1, 0.15) is 6.61 Å². The highest BCUT2D eigenvalue weighted by Crippen LogP contribution is 2.62. The van der Waals surface area contributed by atoms with Crippen LogP contribution in [0.3, 0.4) is 0 Å². The largest absolute Gasteiger partial charge is 0.445 e. The van der Waals surface area contributed by atoms with E-state index in [9.17, 15) is 4.79 Å². The lowest BCUT2D eigenvalue weighted by Gasteiger charge is -2.41. The second-order valence-electron chi connectivity index (χ2n) is 7.39. The molecule has 4 rings (SSSR count). The number of nitrogens with one attached hydrogen (secondary N) is 1. The molecule has 3 aliphatic carbocycles. The van der Waals surface area contributed by atoms with Gasteiger partial charge in [0.2, 0.25) is 0 Å². The maximum Gasteiger partial charge on any atom is 0.407 e. The van der Waals surface area contributed by atoms with Gasteiger partial charge in [0, 0.05) is 6.04 Å². The quantitative estimate of drug-likeness (QED) is 0.905. The van der Waals surface area contributed by atoms with Crippen molar-refractivity contribution in [2.45, 2.75) is 57.6 Å². The Bertz CT molecular complexity index is 536. The molecule has 1 amide bonds. The average Bonchev–Trinajstić information content (AvgIpc) is 3.26. The molecular formula is C19H25NO2. The van der Waals surface area contributed by atoms with E-state index < -0.39 is 0 Å². The Hall–Kier alpha value is -1.51. The van der Waals surface area contributed by atoms with Crippen molar-refractivity contribution >= 4 is 6.09 Å². The Morgan fingerprint density at radius 2 is 1.95 bits per heavy atom. The normalized spacial score (nSPS) is 31.5. The topological polar surface area (TPSA) is 38.3 Å². The van der Waals surface area contributed by atoms with Gasteiger partial charge in [0.25, 0.3) is 0 Å². The standard InChI is InChI=1S/C19H25NO2/c21-18(22-13-14-6-2-1-3-7-14)20-17-15-8-9-16(12-15)19(17)10-4-5-11-19/h1-3,6-7,15-17H,4-5,8-13H2,(H,20,21)/t15-,16+,17-/m0/s1. The zero-order valence-electron chi connectivity index (χ0n) is 13.1. The molecule has 2 bridgehead atoms. The molecule has 3 aliphatic rings. The number of amides is 1. The molecule has 0 radical (unpaired) electrons. The number of hydrogen-bond acceptors (Lipinski definition) is 2. The summed E-state index contributed by atoms with van der Waals surface area (Å²) in [7, 11) is 0. The van der Waals surface area contributed by atoms with E-state index in [0.29, 0.717) is 24.0 Å². The summed E-state index contributed by atoms with van der Waals surface area (Å²) >= 11 is 0. The van der Waals surface area contributed by atoms with Gasteiger partial charge in [0.15, 0.2) is 0 Å².